The molecule has 168 valence electrons. The molecule has 2 aromatic rings. The number of hydrogen-bond donors (Lipinski definition) is 2. The van der Waals surface area contributed by atoms with Gasteiger partial charge in [-0.3, -0.25) is 9.89 Å². The van der Waals surface area contributed by atoms with E-state index >= 15 is 0 Å². The second-order valence-electron chi connectivity index (χ2n) is 7.36. The number of halogens is 1. The molecule has 1 aromatic heterocycles. The Hall–Kier alpha value is -2.58. The number of guanidine groups is 1. The maximum Gasteiger partial charge on any atom is 0.225 e. The highest BCUT2D eigenvalue weighted by Crippen LogP contribution is 2.22. The molecule has 1 aliphatic heterocycles. The zero-order valence-corrected chi connectivity index (χ0v) is 19.1. The lowest BCUT2D eigenvalue weighted by molar-refractivity contribution is 0.254. The largest absolute Gasteiger partial charge is 0.497 e. The van der Waals surface area contributed by atoms with Crippen molar-refractivity contribution in [2.24, 2.45) is 4.99 Å². The van der Waals surface area contributed by atoms with E-state index in [-0.39, 0.29) is 0 Å². The Bertz CT molecular complexity index is 826. The molecule has 0 aliphatic carbocycles. The van der Waals surface area contributed by atoms with Gasteiger partial charge in [0.2, 0.25) is 5.95 Å². The Kier molecular flexibility index (Phi) is 9.17. The van der Waals surface area contributed by atoms with E-state index in [9.17, 15) is 0 Å². The maximum absolute atomic E-state index is 6.31. The van der Waals surface area contributed by atoms with E-state index in [0.29, 0.717) is 0 Å². The van der Waals surface area contributed by atoms with Crippen molar-refractivity contribution in [1.82, 2.24) is 25.5 Å². The first kappa shape index (κ1) is 23.1. The quantitative estimate of drug-likeness (QED) is 0.347. The van der Waals surface area contributed by atoms with Crippen molar-refractivity contribution in [2.45, 2.75) is 12.8 Å². The first-order valence-corrected chi connectivity index (χ1v) is 11.1. The Morgan fingerprint density at radius 1 is 1.13 bits per heavy atom. The number of rotatable bonds is 9. The van der Waals surface area contributed by atoms with Crippen LogP contribution in [0.25, 0.3) is 0 Å². The monoisotopic (exact) mass is 445 g/mol. The van der Waals surface area contributed by atoms with Crippen molar-refractivity contribution < 1.29 is 4.74 Å². The molecule has 1 fully saturated rings. The van der Waals surface area contributed by atoms with Crippen LogP contribution in [0.15, 0.2) is 41.7 Å². The average Bonchev–Trinajstić information content (AvgIpc) is 2.82. The summed E-state index contributed by atoms with van der Waals surface area (Å²) in [6.45, 7) is 6.71. The van der Waals surface area contributed by atoms with Gasteiger partial charge in [0.25, 0.3) is 0 Å². The molecule has 1 saturated heterocycles. The molecule has 1 aliphatic rings. The zero-order chi connectivity index (χ0) is 21.9. The van der Waals surface area contributed by atoms with Crippen LogP contribution in [0.3, 0.4) is 0 Å². The number of nitrogens with one attached hydrogen (secondary N) is 2. The molecule has 0 spiro atoms. The minimum atomic E-state index is 0.725. The third kappa shape index (κ3) is 7.25. The van der Waals surface area contributed by atoms with Gasteiger partial charge in [0.1, 0.15) is 5.75 Å². The molecular weight excluding hydrogens is 414 g/mol. The van der Waals surface area contributed by atoms with Gasteiger partial charge in [-0.05, 0) is 43.1 Å². The fourth-order valence-electron chi connectivity index (χ4n) is 3.53. The van der Waals surface area contributed by atoms with Crippen molar-refractivity contribution in [3.05, 3.63) is 47.2 Å². The standard InChI is InChI=1S/C22H32ClN7O/c1-24-21(26-11-7-18-5-6-19(31-2)17-20(18)23)25-10-4-12-29-13-15-30(16-14-29)22-27-8-3-9-28-22/h3,5-6,8-9,17H,4,7,10-16H2,1-2H3,(H2,24,25,26). The molecule has 2 heterocycles. The number of aromatic nitrogens is 2. The predicted molar refractivity (Wildman–Crippen MR) is 126 cm³/mol. The summed E-state index contributed by atoms with van der Waals surface area (Å²) in [6.07, 6.45) is 5.48. The van der Waals surface area contributed by atoms with Gasteiger partial charge in [0.05, 0.1) is 7.11 Å². The summed E-state index contributed by atoms with van der Waals surface area (Å²) in [4.78, 5) is 17.7. The van der Waals surface area contributed by atoms with Crippen LogP contribution in [-0.2, 0) is 6.42 Å². The van der Waals surface area contributed by atoms with E-state index in [2.05, 4.69) is 35.4 Å². The van der Waals surface area contributed by atoms with Crippen molar-refractivity contribution in [3.63, 3.8) is 0 Å². The molecule has 2 N–H and O–H groups in total. The lowest BCUT2D eigenvalue weighted by atomic mass is 10.1. The molecule has 0 amide bonds. The summed E-state index contributed by atoms with van der Waals surface area (Å²) in [7, 11) is 3.43. The van der Waals surface area contributed by atoms with Gasteiger partial charge in [-0.25, -0.2) is 9.97 Å². The Balaban J connectivity index is 1.29. The van der Waals surface area contributed by atoms with Crippen LogP contribution in [0.2, 0.25) is 5.02 Å². The molecular formula is C22H32ClN7O. The maximum atomic E-state index is 6.31. The lowest BCUT2D eigenvalue weighted by Gasteiger charge is -2.34. The molecule has 8 nitrogen and oxygen atoms in total. The predicted octanol–water partition coefficient (Wildman–Crippen LogP) is 2.06. The fourth-order valence-corrected chi connectivity index (χ4v) is 3.79. The van der Waals surface area contributed by atoms with E-state index in [1.165, 1.54) is 0 Å². The van der Waals surface area contributed by atoms with Crippen LogP contribution in [0.1, 0.15) is 12.0 Å². The second kappa shape index (κ2) is 12.3. The van der Waals surface area contributed by atoms with Gasteiger partial charge in [-0.15, -0.1) is 0 Å². The number of methoxy groups -OCH3 is 1. The van der Waals surface area contributed by atoms with Gasteiger partial charge in [-0.2, -0.15) is 0 Å². The lowest BCUT2D eigenvalue weighted by Crippen LogP contribution is -2.47. The van der Waals surface area contributed by atoms with Crippen molar-refractivity contribution in [2.75, 3.05) is 64.9 Å². The number of benzene rings is 1. The Morgan fingerprint density at radius 2 is 1.87 bits per heavy atom. The van der Waals surface area contributed by atoms with Crippen LogP contribution in [0, 0.1) is 0 Å². The average molecular weight is 446 g/mol. The number of anilines is 1. The topological polar surface area (TPSA) is 77.9 Å². The molecule has 0 unspecified atom stereocenters. The normalized spacial score (nSPS) is 15.1. The van der Waals surface area contributed by atoms with Crippen molar-refractivity contribution in [3.8, 4) is 5.75 Å². The number of nitrogens with zero attached hydrogens (tertiary/aromatic N) is 5. The molecule has 0 bridgehead atoms. The first-order chi connectivity index (χ1) is 15.2. The van der Waals surface area contributed by atoms with Crippen molar-refractivity contribution in [1.29, 1.82) is 0 Å². The summed E-state index contributed by atoms with van der Waals surface area (Å²) in [5.41, 5.74) is 1.09. The van der Waals surface area contributed by atoms with Gasteiger partial charge >= 0.3 is 0 Å². The molecule has 0 atom stereocenters. The van der Waals surface area contributed by atoms with E-state index in [0.717, 1.165) is 86.9 Å². The number of aliphatic imine (C=N–C) groups is 1. The third-order valence-corrected chi connectivity index (χ3v) is 5.67. The highest BCUT2D eigenvalue weighted by Gasteiger charge is 2.18. The van der Waals surface area contributed by atoms with Crippen LogP contribution in [0.4, 0.5) is 5.95 Å². The summed E-state index contributed by atoms with van der Waals surface area (Å²) in [5, 5.41) is 7.47. The molecule has 31 heavy (non-hydrogen) atoms. The van der Waals surface area contributed by atoms with Crippen LogP contribution < -0.4 is 20.3 Å². The third-order valence-electron chi connectivity index (χ3n) is 5.32. The van der Waals surface area contributed by atoms with Crippen LogP contribution >= 0.6 is 11.6 Å². The highest BCUT2D eigenvalue weighted by molar-refractivity contribution is 6.31. The first-order valence-electron chi connectivity index (χ1n) is 10.7. The SMILES string of the molecule is CN=C(NCCCN1CCN(c2ncccn2)CC1)NCCc1ccc(OC)cc1Cl. The molecule has 3 rings (SSSR count). The number of piperazine rings is 1. The number of hydrogen-bond acceptors (Lipinski definition) is 6. The van der Waals surface area contributed by atoms with Crippen LogP contribution in [0.5, 0.6) is 5.75 Å². The zero-order valence-electron chi connectivity index (χ0n) is 18.4. The smallest absolute Gasteiger partial charge is 0.225 e. The fraction of sp³-hybridized carbons (Fsp3) is 0.500. The minimum absolute atomic E-state index is 0.725. The summed E-state index contributed by atoms with van der Waals surface area (Å²) in [6, 6.07) is 7.63. The molecule has 0 saturated carbocycles. The molecule has 1 aromatic carbocycles. The second-order valence-corrected chi connectivity index (χ2v) is 7.77. The molecule has 9 heteroatoms. The summed E-state index contributed by atoms with van der Waals surface area (Å²) < 4.78 is 5.19. The summed E-state index contributed by atoms with van der Waals surface area (Å²) in [5.74, 6) is 2.42. The Morgan fingerprint density at radius 3 is 2.55 bits per heavy atom. The van der Waals surface area contributed by atoms with Gasteiger partial charge in [0, 0.05) is 63.7 Å². The van der Waals surface area contributed by atoms with Crippen molar-refractivity contribution >= 4 is 23.5 Å². The van der Waals surface area contributed by atoms with Gasteiger partial charge in [0.15, 0.2) is 5.96 Å². The van der Waals surface area contributed by atoms with E-state index in [1.807, 2.05) is 24.3 Å². The van der Waals surface area contributed by atoms with E-state index in [1.54, 1.807) is 26.6 Å². The Labute approximate surface area is 189 Å². The van der Waals surface area contributed by atoms with Gasteiger partial charge < -0.3 is 20.3 Å². The van der Waals surface area contributed by atoms with E-state index in [4.69, 9.17) is 16.3 Å². The van der Waals surface area contributed by atoms with Crippen LogP contribution in [-0.4, -0.2) is 80.8 Å². The number of ether oxygens (including phenoxy) is 1. The summed E-state index contributed by atoms with van der Waals surface area (Å²) >= 11 is 6.31. The van der Waals surface area contributed by atoms with E-state index < -0.39 is 0 Å². The highest BCUT2D eigenvalue weighted by atomic mass is 35.5. The minimum Gasteiger partial charge on any atom is -0.497 e. The van der Waals surface area contributed by atoms with Gasteiger partial charge in [-0.1, -0.05) is 17.7 Å². The molecule has 0 radical (unpaired) electrons.